The minimum atomic E-state index is 0. The molecule has 0 unspecified atom stereocenters. The third-order valence-corrected chi connectivity index (χ3v) is 2.36. The molecule has 0 aromatic rings. The standard InChI is InChI=1S/C8H18N2.HI/c1-3-9-5-7-10(4-2)8-6-9;/h3-8H2,1-2H3;1H. The van der Waals surface area contributed by atoms with Crippen molar-refractivity contribution < 1.29 is 0 Å². The third-order valence-electron chi connectivity index (χ3n) is 2.36. The first-order valence-electron chi connectivity index (χ1n) is 4.31. The molecule has 1 aliphatic rings. The smallest absolute Gasteiger partial charge is 0.0110 e. The second-order valence-corrected chi connectivity index (χ2v) is 2.87. The van der Waals surface area contributed by atoms with Crippen molar-refractivity contribution in [1.29, 1.82) is 0 Å². The van der Waals surface area contributed by atoms with Gasteiger partial charge in [0.25, 0.3) is 0 Å². The molecule has 68 valence electrons. The van der Waals surface area contributed by atoms with Crippen molar-refractivity contribution in [2.75, 3.05) is 39.3 Å². The summed E-state index contributed by atoms with van der Waals surface area (Å²) in [7, 11) is 0. The van der Waals surface area contributed by atoms with Crippen LogP contribution in [0.5, 0.6) is 0 Å². The molecule has 0 spiro atoms. The predicted molar refractivity (Wildman–Crippen MR) is 59.6 cm³/mol. The average molecular weight is 270 g/mol. The summed E-state index contributed by atoms with van der Waals surface area (Å²) in [4.78, 5) is 5.01. The molecule has 2 nitrogen and oxygen atoms in total. The molecule has 0 bridgehead atoms. The largest absolute Gasteiger partial charge is 0.301 e. The molecule has 0 aliphatic carbocycles. The Kier molecular flexibility index (Phi) is 6.56. The fraction of sp³-hybridized carbons (Fsp3) is 1.00. The summed E-state index contributed by atoms with van der Waals surface area (Å²) in [5, 5.41) is 0. The molecular formula is C8H19IN2. The van der Waals surface area contributed by atoms with E-state index >= 15 is 0 Å². The van der Waals surface area contributed by atoms with Crippen LogP contribution in [0, 0.1) is 0 Å². The fourth-order valence-electron chi connectivity index (χ4n) is 1.42. The second kappa shape index (κ2) is 6.20. The zero-order valence-electron chi connectivity index (χ0n) is 7.55. The van der Waals surface area contributed by atoms with E-state index in [0.717, 1.165) is 0 Å². The van der Waals surface area contributed by atoms with Gasteiger partial charge in [0.05, 0.1) is 0 Å². The zero-order chi connectivity index (χ0) is 7.40. The normalized spacial score (nSPS) is 21.3. The summed E-state index contributed by atoms with van der Waals surface area (Å²) in [5.74, 6) is 0. The second-order valence-electron chi connectivity index (χ2n) is 2.87. The maximum absolute atomic E-state index is 2.51. The Balaban J connectivity index is 0.000001000. The van der Waals surface area contributed by atoms with Crippen molar-refractivity contribution in [3.05, 3.63) is 0 Å². The molecule has 0 radical (unpaired) electrons. The van der Waals surface area contributed by atoms with Gasteiger partial charge in [-0.25, -0.2) is 0 Å². The molecule has 0 amide bonds. The van der Waals surface area contributed by atoms with Gasteiger partial charge < -0.3 is 9.80 Å². The van der Waals surface area contributed by atoms with Gasteiger partial charge in [0, 0.05) is 26.2 Å². The molecule has 3 heteroatoms. The monoisotopic (exact) mass is 270 g/mol. The van der Waals surface area contributed by atoms with Gasteiger partial charge in [0.2, 0.25) is 0 Å². The molecule has 1 fully saturated rings. The molecule has 0 aromatic heterocycles. The van der Waals surface area contributed by atoms with E-state index in [2.05, 4.69) is 23.6 Å². The lowest BCUT2D eigenvalue weighted by molar-refractivity contribution is 0.142. The van der Waals surface area contributed by atoms with Gasteiger partial charge >= 0.3 is 0 Å². The minimum Gasteiger partial charge on any atom is -0.301 e. The zero-order valence-corrected chi connectivity index (χ0v) is 9.88. The Morgan fingerprint density at radius 2 is 1.09 bits per heavy atom. The third kappa shape index (κ3) is 3.71. The van der Waals surface area contributed by atoms with Crippen molar-refractivity contribution in [2.24, 2.45) is 0 Å². The lowest BCUT2D eigenvalue weighted by atomic mass is 10.3. The lowest BCUT2D eigenvalue weighted by Gasteiger charge is -2.33. The molecule has 11 heavy (non-hydrogen) atoms. The number of nitrogens with zero attached hydrogens (tertiary/aromatic N) is 2. The molecule has 1 rings (SSSR count). The van der Waals surface area contributed by atoms with Crippen LogP contribution in [0.2, 0.25) is 0 Å². The predicted octanol–water partition coefficient (Wildman–Crippen LogP) is 1.26. The van der Waals surface area contributed by atoms with Crippen LogP contribution in [0.15, 0.2) is 0 Å². The van der Waals surface area contributed by atoms with Crippen molar-refractivity contribution in [2.45, 2.75) is 13.8 Å². The highest BCUT2D eigenvalue weighted by molar-refractivity contribution is 14.0. The highest BCUT2D eigenvalue weighted by Crippen LogP contribution is 1.99. The van der Waals surface area contributed by atoms with Gasteiger partial charge in [0.1, 0.15) is 0 Å². The summed E-state index contributed by atoms with van der Waals surface area (Å²) in [6, 6.07) is 0. The summed E-state index contributed by atoms with van der Waals surface area (Å²) in [5.41, 5.74) is 0. The van der Waals surface area contributed by atoms with E-state index < -0.39 is 0 Å². The first kappa shape index (κ1) is 11.6. The van der Waals surface area contributed by atoms with Gasteiger partial charge in [-0.3, -0.25) is 0 Å². The Hall–Kier alpha value is 0.650. The van der Waals surface area contributed by atoms with Gasteiger partial charge in [-0.05, 0) is 13.1 Å². The fourth-order valence-corrected chi connectivity index (χ4v) is 1.42. The summed E-state index contributed by atoms with van der Waals surface area (Å²) in [6.07, 6.45) is 0. The van der Waals surface area contributed by atoms with Crippen molar-refractivity contribution >= 4 is 24.0 Å². The van der Waals surface area contributed by atoms with E-state index in [9.17, 15) is 0 Å². The average Bonchev–Trinajstić information content (AvgIpc) is 2.05. The molecule has 0 aromatic carbocycles. The number of likely N-dealkylation sites (N-methyl/N-ethyl adjacent to an activating group) is 2. The van der Waals surface area contributed by atoms with Crippen molar-refractivity contribution in [3.63, 3.8) is 0 Å². The molecular weight excluding hydrogens is 251 g/mol. The highest BCUT2D eigenvalue weighted by atomic mass is 127. The Labute approximate surface area is 87.0 Å². The lowest BCUT2D eigenvalue weighted by Crippen LogP contribution is -2.45. The topological polar surface area (TPSA) is 6.48 Å². The quantitative estimate of drug-likeness (QED) is 0.697. The van der Waals surface area contributed by atoms with Gasteiger partial charge in [-0.15, -0.1) is 24.0 Å². The van der Waals surface area contributed by atoms with Gasteiger partial charge in [-0.1, -0.05) is 13.8 Å². The van der Waals surface area contributed by atoms with E-state index in [0.29, 0.717) is 0 Å². The maximum atomic E-state index is 2.51. The number of piperazine rings is 1. The molecule has 0 N–H and O–H groups in total. The molecule has 0 saturated carbocycles. The minimum absolute atomic E-state index is 0. The van der Waals surface area contributed by atoms with Crippen LogP contribution in [-0.4, -0.2) is 49.1 Å². The summed E-state index contributed by atoms with van der Waals surface area (Å²) >= 11 is 0. The van der Waals surface area contributed by atoms with Crippen LogP contribution in [0.25, 0.3) is 0 Å². The van der Waals surface area contributed by atoms with Gasteiger partial charge in [-0.2, -0.15) is 0 Å². The van der Waals surface area contributed by atoms with E-state index in [1.165, 1.54) is 39.3 Å². The van der Waals surface area contributed by atoms with Gasteiger partial charge in [0.15, 0.2) is 0 Å². The van der Waals surface area contributed by atoms with E-state index in [-0.39, 0.29) is 24.0 Å². The van der Waals surface area contributed by atoms with Crippen LogP contribution in [0.3, 0.4) is 0 Å². The Bertz CT molecular complexity index is 78.1. The SMILES string of the molecule is CCN1CCN(CC)CC1.I. The summed E-state index contributed by atoms with van der Waals surface area (Å²) < 4.78 is 0. The maximum Gasteiger partial charge on any atom is 0.0110 e. The Morgan fingerprint density at radius 1 is 0.818 bits per heavy atom. The first-order valence-corrected chi connectivity index (χ1v) is 4.31. The van der Waals surface area contributed by atoms with E-state index in [1.54, 1.807) is 0 Å². The van der Waals surface area contributed by atoms with Crippen LogP contribution < -0.4 is 0 Å². The number of rotatable bonds is 2. The highest BCUT2D eigenvalue weighted by Gasteiger charge is 2.12. The number of halogens is 1. The van der Waals surface area contributed by atoms with Crippen molar-refractivity contribution in [1.82, 2.24) is 9.80 Å². The molecule has 0 atom stereocenters. The first-order chi connectivity index (χ1) is 4.86. The molecule has 1 aliphatic heterocycles. The van der Waals surface area contributed by atoms with Crippen LogP contribution in [-0.2, 0) is 0 Å². The number of hydrogen-bond acceptors (Lipinski definition) is 2. The van der Waals surface area contributed by atoms with E-state index in [4.69, 9.17) is 0 Å². The van der Waals surface area contributed by atoms with Crippen LogP contribution in [0.4, 0.5) is 0 Å². The van der Waals surface area contributed by atoms with Crippen molar-refractivity contribution in [3.8, 4) is 0 Å². The van der Waals surface area contributed by atoms with Crippen LogP contribution >= 0.6 is 24.0 Å². The molecule has 1 saturated heterocycles. The summed E-state index contributed by atoms with van der Waals surface area (Å²) in [6.45, 7) is 12.0. The van der Waals surface area contributed by atoms with Crippen LogP contribution in [0.1, 0.15) is 13.8 Å². The van der Waals surface area contributed by atoms with E-state index in [1.807, 2.05) is 0 Å². The Morgan fingerprint density at radius 3 is 1.27 bits per heavy atom. The number of hydrogen-bond donors (Lipinski definition) is 0. The molecule has 1 heterocycles.